The largest absolute Gasteiger partial charge is 0.491 e. The molecule has 0 unspecified atom stereocenters. The summed E-state index contributed by atoms with van der Waals surface area (Å²) in [5.74, 6) is 0.460. The predicted octanol–water partition coefficient (Wildman–Crippen LogP) is 2.77. The van der Waals surface area contributed by atoms with E-state index in [1.165, 1.54) is 6.42 Å². The molecule has 2 aliphatic rings. The normalized spacial score (nSPS) is 21.2. The van der Waals surface area contributed by atoms with Crippen LogP contribution in [-0.2, 0) is 4.79 Å². The molecule has 1 aliphatic carbocycles. The molecule has 1 atom stereocenters. The van der Waals surface area contributed by atoms with Gasteiger partial charge in [-0.2, -0.15) is 0 Å². The van der Waals surface area contributed by atoms with E-state index in [-0.39, 0.29) is 19.1 Å². The van der Waals surface area contributed by atoms with Crippen LogP contribution in [-0.4, -0.2) is 46.7 Å². The summed E-state index contributed by atoms with van der Waals surface area (Å²) in [7, 11) is 0. The van der Waals surface area contributed by atoms with Crippen LogP contribution in [0.15, 0.2) is 24.3 Å². The Morgan fingerprint density at radius 2 is 1.73 bits per heavy atom. The highest BCUT2D eigenvalue weighted by Gasteiger charge is 2.50. The van der Waals surface area contributed by atoms with Gasteiger partial charge in [0.05, 0.1) is 6.54 Å². The lowest BCUT2D eigenvalue weighted by atomic mass is 9.84. The number of urea groups is 1. The first kappa shape index (κ1) is 18.7. The van der Waals surface area contributed by atoms with Crippen LogP contribution in [0.5, 0.6) is 5.75 Å². The molecule has 1 saturated heterocycles. The van der Waals surface area contributed by atoms with E-state index in [4.69, 9.17) is 4.74 Å². The molecule has 1 aromatic carbocycles. The van der Waals surface area contributed by atoms with Crippen molar-refractivity contribution in [2.75, 3.05) is 13.2 Å². The van der Waals surface area contributed by atoms with Gasteiger partial charge in [0.25, 0.3) is 5.91 Å². The van der Waals surface area contributed by atoms with Crippen molar-refractivity contribution in [3.8, 4) is 5.75 Å². The molecule has 0 aromatic heterocycles. The summed E-state index contributed by atoms with van der Waals surface area (Å²) in [6, 6.07) is 7.12. The van der Waals surface area contributed by atoms with E-state index < -0.39 is 17.7 Å². The number of hydrogen-bond donors (Lipinski definition) is 2. The Morgan fingerprint density at radius 1 is 1.12 bits per heavy atom. The van der Waals surface area contributed by atoms with Crippen LogP contribution in [0.3, 0.4) is 0 Å². The van der Waals surface area contributed by atoms with Crippen LogP contribution in [0.4, 0.5) is 4.79 Å². The van der Waals surface area contributed by atoms with Crippen molar-refractivity contribution in [2.24, 2.45) is 0 Å². The highest BCUT2D eigenvalue weighted by Crippen LogP contribution is 2.32. The summed E-state index contributed by atoms with van der Waals surface area (Å²) in [4.78, 5) is 26.4. The van der Waals surface area contributed by atoms with Gasteiger partial charge in [0, 0.05) is 0 Å². The standard InChI is InChI=1S/C20H28N2O4/c1-15-7-9-17(10-8-15)26-14-16(23)13-22-18(24)20(21-19(22)25)11-5-3-2-4-6-12-20/h7-10,16,23H,2-6,11-14H2,1H3,(H,21,25)/t16-/m1/s1. The molecule has 1 heterocycles. The molecule has 1 spiro atoms. The Kier molecular flexibility index (Phi) is 5.81. The van der Waals surface area contributed by atoms with Crippen LogP contribution in [0.1, 0.15) is 50.5 Å². The van der Waals surface area contributed by atoms with Crippen molar-refractivity contribution in [1.82, 2.24) is 10.2 Å². The van der Waals surface area contributed by atoms with Crippen LogP contribution < -0.4 is 10.1 Å². The number of hydrogen-bond acceptors (Lipinski definition) is 4. The van der Waals surface area contributed by atoms with Gasteiger partial charge in [-0.3, -0.25) is 9.69 Å². The fourth-order valence-electron chi connectivity index (χ4n) is 3.78. The Bertz CT molecular complexity index is 636. The van der Waals surface area contributed by atoms with E-state index in [9.17, 15) is 14.7 Å². The van der Waals surface area contributed by atoms with E-state index in [2.05, 4.69) is 5.32 Å². The summed E-state index contributed by atoms with van der Waals surface area (Å²) in [6.45, 7) is 1.98. The van der Waals surface area contributed by atoms with Crippen molar-refractivity contribution >= 4 is 11.9 Å². The minimum absolute atomic E-state index is 0.0348. The zero-order valence-corrected chi connectivity index (χ0v) is 15.4. The minimum atomic E-state index is -0.922. The number of benzene rings is 1. The number of rotatable bonds is 5. The number of carbonyl (C=O) groups excluding carboxylic acids is 2. The van der Waals surface area contributed by atoms with Gasteiger partial charge in [-0.1, -0.05) is 49.8 Å². The fraction of sp³-hybridized carbons (Fsp3) is 0.600. The number of nitrogens with one attached hydrogen (secondary N) is 1. The number of aryl methyl sites for hydroxylation is 1. The molecule has 142 valence electrons. The summed E-state index contributed by atoms with van der Waals surface area (Å²) in [5, 5.41) is 13.2. The SMILES string of the molecule is Cc1ccc(OC[C@H](O)CN2C(=O)NC3(CCCCCCC3)C2=O)cc1. The third-order valence-electron chi connectivity index (χ3n) is 5.31. The van der Waals surface area contributed by atoms with Gasteiger partial charge in [0.15, 0.2) is 0 Å². The highest BCUT2D eigenvalue weighted by atomic mass is 16.5. The topological polar surface area (TPSA) is 78.9 Å². The molecule has 0 radical (unpaired) electrons. The quantitative estimate of drug-likeness (QED) is 0.792. The number of amides is 3. The molecule has 2 N–H and O–H groups in total. The second kappa shape index (κ2) is 8.08. The molecule has 6 heteroatoms. The molecule has 3 amide bonds. The number of β-amino-alcohol motifs (C(OH)–C–C–N with tert-alkyl or cyclic N) is 1. The number of nitrogens with zero attached hydrogens (tertiary/aromatic N) is 1. The lowest BCUT2D eigenvalue weighted by Crippen LogP contribution is -2.48. The first-order valence-corrected chi connectivity index (χ1v) is 9.52. The zero-order chi connectivity index (χ0) is 18.6. The summed E-state index contributed by atoms with van der Waals surface area (Å²) in [6.07, 6.45) is 5.72. The summed E-state index contributed by atoms with van der Waals surface area (Å²) in [5.41, 5.74) is 0.358. The van der Waals surface area contributed by atoms with Crippen LogP contribution >= 0.6 is 0 Å². The molecular weight excluding hydrogens is 332 g/mol. The molecule has 1 aromatic rings. The molecule has 26 heavy (non-hydrogen) atoms. The maximum absolute atomic E-state index is 12.9. The average Bonchev–Trinajstić information content (AvgIpc) is 2.83. The Balaban J connectivity index is 1.57. The van der Waals surface area contributed by atoms with Gasteiger partial charge in [0.1, 0.15) is 24.0 Å². The smallest absolute Gasteiger partial charge is 0.325 e. The fourth-order valence-corrected chi connectivity index (χ4v) is 3.78. The number of imide groups is 1. The second-order valence-electron chi connectivity index (χ2n) is 7.47. The molecule has 3 rings (SSSR count). The predicted molar refractivity (Wildman–Crippen MR) is 98.0 cm³/mol. The van der Waals surface area contributed by atoms with Crippen molar-refractivity contribution < 1.29 is 19.4 Å². The van der Waals surface area contributed by atoms with Gasteiger partial charge < -0.3 is 15.2 Å². The molecular formula is C20H28N2O4. The Labute approximate surface area is 154 Å². The molecule has 1 aliphatic heterocycles. The number of carbonyl (C=O) groups is 2. The molecule has 2 fully saturated rings. The first-order chi connectivity index (χ1) is 12.5. The minimum Gasteiger partial charge on any atom is -0.491 e. The number of aliphatic hydroxyl groups is 1. The van der Waals surface area contributed by atoms with E-state index in [0.717, 1.165) is 36.1 Å². The monoisotopic (exact) mass is 360 g/mol. The zero-order valence-electron chi connectivity index (χ0n) is 15.4. The molecule has 0 bridgehead atoms. The third-order valence-corrected chi connectivity index (χ3v) is 5.31. The Hall–Kier alpha value is -2.08. The van der Waals surface area contributed by atoms with Crippen LogP contribution in [0.2, 0.25) is 0 Å². The summed E-state index contributed by atoms with van der Waals surface area (Å²) >= 11 is 0. The van der Waals surface area contributed by atoms with Gasteiger partial charge in [-0.25, -0.2) is 4.79 Å². The highest BCUT2D eigenvalue weighted by molar-refractivity contribution is 6.07. The lowest BCUT2D eigenvalue weighted by Gasteiger charge is -2.28. The maximum Gasteiger partial charge on any atom is 0.325 e. The second-order valence-corrected chi connectivity index (χ2v) is 7.47. The lowest BCUT2D eigenvalue weighted by molar-refractivity contribution is -0.133. The van der Waals surface area contributed by atoms with E-state index in [0.29, 0.717) is 18.6 Å². The first-order valence-electron chi connectivity index (χ1n) is 9.52. The summed E-state index contributed by atoms with van der Waals surface area (Å²) < 4.78 is 5.56. The van der Waals surface area contributed by atoms with E-state index in [1.807, 2.05) is 31.2 Å². The number of aliphatic hydroxyl groups excluding tert-OH is 1. The van der Waals surface area contributed by atoms with Crippen molar-refractivity contribution in [3.05, 3.63) is 29.8 Å². The van der Waals surface area contributed by atoms with E-state index in [1.54, 1.807) is 0 Å². The van der Waals surface area contributed by atoms with Crippen molar-refractivity contribution in [3.63, 3.8) is 0 Å². The van der Waals surface area contributed by atoms with Crippen LogP contribution in [0.25, 0.3) is 0 Å². The van der Waals surface area contributed by atoms with Gasteiger partial charge in [-0.05, 0) is 31.9 Å². The van der Waals surface area contributed by atoms with Crippen LogP contribution in [0, 0.1) is 6.92 Å². The van der Waals surface area contributed by atoms with Crippen molar-refractivity contribution in [1.29, 1.82) is 0 Å². The average molecular weight is 360 g/mol. The third kappa shape index (κ3) is 4.18. The number of ether oxygens (including phenoxy) is 1. The van der Waals surface area contributed by atoms with E-state index >= 15 is 0 Å². The molecule has 1 saturated carbocycles. The van der Waals surface area contributed by atoms with Gasteiger partial charge in [0.2, 0.25) is 0 Å². The van der Waals surface area contributed by atoms with Gasteiger partial charge >= 0.3 is 6.03 Å². The Morgan fingerprint density at radius 3 is 2.38 bits per heavy atom. The van der Waals surface area contributed by atoms with Gasteiger partial charge in [-0.15, -0.1) is 0 Å². The maximum atomic E-state index is 12.9. The molecule has 6 nitrogen and oxygen atoms in total. The van der Waals surface area contributed by atoms with Crippen molar-refractivity contribution in [2.45, 2.75) is 63.5 Å².